The Labute approximate surface area is 97.0 Å². The van der Waals surface area contributed by atoms with Gasteiger partial charge in [-0.15, -0.1) is 0 Å². The fraction of sp³-hybridized carbons (Fsp3) is 1.00. The highest BCUT2D eigenvalue weighted by Gasteiger charge is 2.23. The van der Waals surface area contributed by atoms with Crippen molar-refractivity contribution in [1.82, 2.24) is 5.32 Å². The first-order chi connectivity index (χ1) is 6.41. The molecule has 1 nitrogen and oxygen atoms in total. The molecule has 0 aromatic carbocycles. The maximum atomic E-state index is 3.60. The van der Waals surface area contributed by atoms with Crippen LogP contribution >= 0.6 is 0 Å². The van der Waals surface area contributed by atoms with Crippen LogP contribution in [0.3, 0.4) is 0 Å². The van der Waals surface area contributed by atoms with Crippen molar-refractivity contribution in [2.45, 2.75) is 73.8 Å². The summed E-state index contributed by atoms with van der Waals surface area (Å²) in [5.74, 6) is 0. The van der Waals surface area contributed by atoms with Crippen molar-refractivity contribution < 1.29 is 0 Å². The normalized spacial score (nSPS) is 14.4. The SMILES string of the molecule is CC(C)(C)CCC(C)(C)CNC(C)(C)C. The highest BCUT2D eigenvalue weighted by molar-refractivity contribution is 4.79. The predicted octanol–water partition coefficient (Wildman–Crippen LogP) is 4.23. The maximum absolute atomic E-state index is 3.60. The van der Waals surface area contributed by atoms with E-state index in [1.54, 1.807) is 0 Å². The van der Waals surface area contributed by atoms with Gasteiger partial charge in [-0.2, -0.15) is 0 Å². The Morgan fingerprint density at radius 2 is 1.20 bits per heavy atom. The standard InChI is InChI=1S/C14H31N/c1-12(2,3)9-10-14(7,8)11-15-13(4,5)6/h15H,9-11H2,1-8H3. The summed E-state index contributed by atoms with van der Waals surface area (Å²) in [6.45, 7) is 19.5. The largest absolute Gasteiger partial charge is 0.312 e. The second kappa shape index (κ2) is 4.86. The lowest BCUT2D eigenvalue weighted by atomic mass is 9.80. The lowest BCUT2D eigenvalue weighted by Crippen LogP contribution is -2.42. The van der Waals surface area contributed by atoms with Gasteiger partial charge in [0.1, 0.15) is 0 Å². The summed E-state index contributed by atoms with van der Waals surface area (Å²) in [4.78, 5) is 0. The van der Waals surface area contributed by atoms with Crippen LogP contribution in [0.4, 0.5) is 0 Å². The Morgan fingerprint density at radius 3 is 1.53 bits per heavy atom. The molecule has 15 heavy (non-hydrogen) atoms. The van der Waals surface area contributed by atoms with Crippen LogP contribution in [0.2, 0.25) is 0 Å². The minimum atomic E-state index is 0.235. The van der Waals surface area contributed by atoms with Crippen LogP contribution in [-0.4, -0.2) is 12.1 Å². The van der Waals surface area contributed by atoms with E-state index in [0.717, 1.165) is 6.54 Å². The average molecular weight is 213 g/mol. The molecule has 92 valence electrons. The summed E-state index contributed by atoms with van der Waals surface area (Å²) in [5, 5.41) is 3.60. The van der Waals surface area contributed by atoms with Crippen LogP contribution in [0.15, 0.2) is 0 Å². The van der Waals surface area contributed by atoms with E-state index in [9.17, 15) is 0 Å². The molecule has 0 spiro atoms. The van der Waals surface area contributed by atoms with Gasteiger partial charge >= 0.3 is 0 Å². The van der Waals surface area contributed by atoms with E-state index in [2.05, 4.69) is 60.7 Å². The zero-order valence-electron chi connectivity index (χ0n) is 12.1. The molecule has 0 rings (SSSR count). The van der Waals surface area contributed by atoms with Crippen molar-refractivity contribution in [2.24, 2.45) is 10.8 Å². The van der Waals surface area contributed by atoms with Gasteiger partial charge < -0.3 is 5.32 Å². The van der Waals surface area contributed by atoms with E-state index in [4.69, 9.17) is 0 Å². The van der Waals surface area contributed by atoms with Gasteiger partial charge in [0.2, 0.25) is 0 Å². The van der Waals surface area contributed by atoms with Crippen LogP contribution < -0.4 is 5.32 Å². The first kappa shape index (κ1) is 15.0. The van der Waals surface area contributed by atoms with Gasteiger partial charge in [-0.3, -0.25) is 0 Å². The van der Waals surface area contributed by atoms with Crippen molar-refractivity contribution in [3.8, 4) is 0 Å². The molecule has 0 unspecified atom stereocenters. The van der Waals surface area contributed by atoms with Crippen LogP contribution in [0, 0.1) is 10.8 Å². The van der Waals surface area contributed by atoms with Crippen molar-refractivity contribution in [2.75, 3.05) is 6.54 Å². The van der Waals surface area contributed by atoms with Crippen LogP contribution in [-0.2, 0) is 0 Å². The Hall–Kier alpha value is -0.0400. The lowest BCUT2D eigenvalue weighted by Gasteiger charge is -2.32. The lowest BCUT2D eigenvalue weighted by molar-refractivity contribution is 0.228. The smallest absolute Gasteiger partial charge is 0.00967 e. The third-order valence-electron chi connectivity index (χ3n) is 2.65. The van der Waals surface area contributed by atoms with E-state index in [0.29, 0.717) is 10.8 Å². The van der Waals surface area contributed by atoms with Crippen LogP contribution in [0.1, 0.15) is 68.2 Å². The van der Waals surface area contributed by atoms with Crippen molar-refractivity contribution in [3.05, 3.63) is 0 Å². The van der Waals surface area contributed by atoms with Gasteiger partial charge in [-0.1, -0.05) is 34.6 Å². The van der Waals surface area contributed by atoms with E-state index in [1.807, 2.05) is 0 Å². The topological polar surface area (TPSA) is 12.0 Å². The Kier molecular flexibility index (Phi) is 4.85. The molecular formula is C14H31N. The number of nitrogens with one attached hydrogen (secondary N) is 1. The molecule has 0 atom stereocenters. The van der Waals surface area contributed by atoms with Gasteiger partial charge in [0.15, 0.2) is 0 Å². The summed E-state index contributed by atoms with van der Waals surface area (Å²) >= 11 is 0. The number of rotatable bonds is 4. The second-order valence-electron chi connectivity index (χ2n) is 7.83. The van der Waals surface area contributed by atoms with Crippen molar-refractivity contribution in [1.29, 1.82) is 0 Å². The molecule has 1 heteroatoms. The molecule has 0 aliphatic rings. The van der Waals surface area contributed by atoms with Gasteiger partial charge in [0.05, 0.1) is 0 Å². The number of hydrogen-bond acceptors (Lipinski definition) is 1. The highest BCUT2D eigenvalue weighted by atomic mass is 14.9. The third kappa shape index (κ3) is 10.2. The summed E-state index contributed by atoms with van der Waals surface area (Å²) < 4.78 is 0. The molecule has 0 heterocycles. The van der Waals surface area contributed by atoms with E-state index in [-0.39, 0.29) is 5.54 Å². The molecule has 0 saturated heterocycles. The molecule has 0 saturated carbocycles. The van der Waals surface area contributed by atoms with Gasteiger partial charge in [-0.05, 0) is 44.4 Å². The fourth-order valence-corrected chi connectivity index (χ4v) is 1.31. The van der Waals surface area contributed by atoms with Crippen LogP contribution in [0.25, 0.3) is 0 Å². The monoisotopic (exact) mass is 213 g/mol. The molecule has 1 N–H and O–H groups in total. The molecule has 0 aromatic heterocycles. The summed E-state index contributed by atoms with van der Waals surface area (Å²) in [6.07, 6.45) is 2.59. The van der Waals surface area contributed by atoms with E-state index < -0.39 is 0 Å². The van der Waals surface area contributed by atoms with E-state index >= 15 is 0 Å². The zero-order chi connectivity index (χ0) is 12.3. The molecule has 0 bridgehead atoms. The first-order valence-electron chi connectivity index (χ1n) is 6.16. The quantitative estimate of drug-likeness (QED) is 0.737. The summed E-state index contributed by atoms with van der Waals surface area (Å²) in [6, 6.07) is 0. The fourth-order valence-electron chi connectivity index (χ4n) is 1.31. The third-order valence-corrected chi connectivity index (χ3v) is 2.65. The maximum Gasteiger partial charge on any atom is 0.00967 e. The summed E-state index contributed by atoms with van der Waals surface area (Å²) in [5.41, 5.74) is 1.10. The Morgan fingerprint density at radius 1 is 0.733 bits per heavy atom. The highest BCUT2D eigenvalue weighted by Crippen LogP contribution is 2.30. The molecular weight excluding hydrogens is 182 g/mol. The Bertz CT molecular complexity index is 158. The predicted molar refractivity (Wildman–Crippen MR) is 70.2 cm³/mol. The van der Waals surface area contributed by atoms with Crippen molar-refractivity contribution >= 4 is 0 Å². The minimum Gasteiger partial charge on any atom is -0.312 e. The molecule has 0 aliphatic carbocycles. The van der Waals surface area contributed by atoms with Gasteiger partial charge in [-0.25, -0.2) is 0 Å². The van der Waals surface area contributed by atoms with Gasteiger partial charge in [0, 0.05) is 12.1 Å². The van der Waals surface area contributed by atoms with Gasteiger partial charge in [0.25, 0.3) is 0 Å². The molecule has 0 aromatic rings. The zero-order valence-corrected chi connectivity index (χ0v) is 12.1. The molecule has 0 amide bonds. The molecule has 0 fully saturated rings. The average Bonchev–Trinajstić information content (AvgIpc) is 1.96. The minimum absolute atomic E-state index is 0.235. The molecule has 0 radical (unpaired) electrons. The number of hydrogen-bond donors (Lipinski definition) is 1. The first-order valence-corrected chi connectivity index (χ1v) is 6.16. The van der Waals surface area contributed by atoms with Crippen molar-refractivity contribution in [3.63, 3.8) is 0 Å². The second-order valence-corrected chi connectivity index (χ2v) is 7.83. The van der Waals surface area contributed by atoms with Crippen LogP contribution in [0.5, 0.6) is 0 Å². The molecule has 0 aliphatic heterocycles. The Balaban J connectivity index is 3.98. The van der Waals surface area contributed by atoms with E-state index in [1.165, 1.54) is 12.8 Å². The summed E-state index contributed by atoms with van der Waals surface area (Å²) in [7, 11) is 0.